The maximum atomic E-state index is 10.3. The van der Waals surface area contributed by atoms with Gasteiger partial charge in [-0.25, -0.2) is 0 Å². The van der Waals surface area contributed by atoms with Gasteiger partial charge >= 0.3 is 5.97 Å². The van der Waals surface area contributed by atoms with Crippen LogP contribution in [0.5, 0.6) is 5.75 Å². The lowest BCUT2D eigenvalue weighted by Crippen LogP contribution is -2.16. The topological polar surface area (TPSA) is 90.1 Å². The SMILES string of the molecule is O=C(O)CC(O)CN=Cc1cc(Cl)cc(Br)c1O. The summed E-state index contributed by atoms with van der Waals surface area (Å²) < 4.78 is 0.433. The number of rotatable bonds is 5. The van der Waals surface area contributed by atoms with E-state index in [4.69, 9.17) is 16.7 Å². The highest BCUT2D eigenvalue weighted by Crippen LogP contribution is 2.30. The molecule has 0 aliphatic rings. The van der Waals surface area contributed by atoms with E-state index in [1.165, 1.54) is 18.3 Å². The first-order valence-corrected chi connectivity index (χ1v) is 6.15. The van der Waals surface area contributed by atoms with Crippen molar-refractivity contribution < 1.29 is 20.1 Å². The number of phenols is 1. The Hall–Kier alpha value is -1.11. The van der Waals surface area contributed by atoms with Crippen LogP contribution in [0, 0.1) is 0 Å². The number of carbonyl (C=O) groups is 1. The van der Waals surface area contributed by atoms with Crippen molar-refractivity contribution in [2.75, 3.05) is 6.54 Å². The van der Waals surface area contributed by atoms with Gasteiger partial charge in [-0.2, -0.15) is 0 Å². The van der Waals surface area contributed by atoms with Crippen LogP contribution in [0.15, 0.2) is 21.6 Å². The minimum absolute atomic E-state index is 0.0177. The van der Waals surface area contributed by atoms with E-state index < -0.39 is 12.1 Å². The molecule has 0 heterocycles. The molecule has 18 heavy (non-hydrogen) atoms. The van der Waals surface area contributed by atoms with Crippen molar-refractivity contribution in [3.8, 4) is 5.75 Å². The molecular formula is C11H11BrClNO4. The van der Waals surface area contributed by atoms with Gasteiger partial charge in [-0.1, -0.05) is 11.6 Å². The smallest absolute Gasteiger partial charge is 0.306 e. The number of hydrogen-bond acceptors (Lipinski definition) is 4. The van der Waals surface area contributed by atoms with Gasteiger partial charge in [0.2, 0.25) is 0 Å². The highest BCUT2D eigenvalue weighted by molar-refractivity contribution is 9.10. The predicted molar refractivity (Wildman–Crippen MR) is 71.5 cm³/mol. The third-order valence-electron chi connectivity index (χ3n) is 2.01. The Morgan fingerprint density at radius 2 is 2.22 bits per heavy atom. The number of benzene rings is 1. The Morgan fingerprint density at radius 3 is 2.83 bits per heavy atom. The van der Waals surface area contributed by atoms with Crippen molar-refractivity contribution in [1.82, 2.24) is 0 Å². The molecule has 98 valence electrons. The number of halogens is 2. The summed E-state index contributed by atoms with van der Waals surface area (Å²) in [6.45, 7) is -0.0597. The second-order valence-electron chi connectivity index (χ2n) is 3.57. The number of phenolic OH excluding ortho intramolecular Hbond substituents is 1. The maximum absolute atomic E-state index is 10.3. The van der Waals surface area contributed by atoms with E-state index in [1.54, 1.807) is 0 Å². The molecule has 0 saturated carbocycles. The lowest BCUT2D eigenvalue weighted by Gasteiger charge is -2.04. The lowest BCUT2D eigenvalue weighted by molar-refractivity contribution is -0.139. The third kappa shape index (κ3) is 4.64. The van der Waals surface area contributed by atoms with Gasteiger partial charge in [0.1, 0.15) is 5.75 Å². The number of nitrogens with zero attached hydrogens (tertiary/aromatic N) is 1. The summed E-state index contributed by atoms with van der Waals surface area (Å²) >= 11 is 8.93. The minimum Gasteiger partial charge on any atom is -0.506 e. The molecule has 1 unspecified atom stereocenters. The summed E-state index contributed by atoms with van der Waals surface area (Å²) in [6, 6.07) is 3.04. The van der Waals surface area contributed by atoms with Crippen LogP contribution < -0.4 is 0 Å². The molecule has 0 radical (unpaired) electrons. The van der Waals surface area contributed by atoms with Crippen LogP contribution in [-0.2, 0) is 4.79 Å². The van der Waals surface area contributed by atoms with E-state index in [1.807, 2.05) is 0 Å². The lowest BCUT2D eigenvalue weighted by atomic mass is 10.2. The molecular weight excluding hydrogens is 325 g/mol. The Kier molecular flexibility index (Phi) is 5.58. The molecule has 1 aromatic rings. The summed E-state index contributed by atoms with van der Waals surface area (Å²) in [7, 11) is 0. The molecule has 1 aromatic carbocycles. The Morgan fingerprint density at radius 1 is 1.56 bits per heavy atom. The van der Waals surface area contributed by atoms with Crippen molar-refractivity contribution in [1.29, 1.82) is 0 Å². The molecule has 0 amide bonds. The Labute approximate surface area is 117 Å². The molecule has 0 saturated heterocycles. The fourth-order valence-corrected chi connectivity index (χ4v) is 2.06. The zero-order chi connectivity index (χ0) is 13.7. The quantitative estimate of drug-likeness (QED) is 0.718. The van der Waals surface area contributed by atoms with Gasteiger partial charge in [0.25, 0.3) is 0 Å². The molecule has 1 rings (SSSR count). The zero-order valence-electron chi connectivity index (χ0n) is 9.18. The number of aliphatic imine (C=N–C) groups is 1. The van der Waals surface area contributed by atoms with Gasteiger partial charge < -0.3 is 15.3 Å². The van der Waals surface area contributed by atoms with E-state index in [-0.39, 0.29) is 18.7 Å². The molecule has 7 heteroatoms. The summed E-state index contributed by atoms with van der Waals surface area (Å²) in [5, 5.41) is 27.8. The first-order valence-electron chi connectivity index (χ1n) is 4.98. The maximum Gasteiger partial charge on any atom is 0.306 e. The predicted octanol–water partition coefficient (Wildman–Crippen LogP) is 2.06. The summed E-state index contributed by atoms with van der Waals surface area (Å²) in [6.07, 6.45) is -0.0944. The molecule has 5 nitrogen and oxygen atoms in total. The zero-order valence-corrected chi connectivity index (χ0v) is 11.5. The summed E-state index contributed by atoms with van der Waals surface area (Å²) in [5.41, 5.74) is 0.386. The first kappa shape index (κ1) is 14.9. The average Bonchev–Trinajstić information content (AvgIpc) is 2.23. The first-order chi connectivity index (χ1) is 8.40. The number of aromatic hydroxyl groups is 1. The minimum atomic E-state index is -1.09. The van der Waals surface area contributed by atoms with E-state index >= 15 is 0 Å². The number of carboxylic acid groups (broad SMARTS) is 1. The van der Waals surface area contributed by atoms with Crippen LogP contribution in [0.4, 0.5) is 0 Å². The number of aliphatic hydroxyl groups is 1. The van der Waals surface area contributed by atoms with Crippen LogP contribution in [0.2, 0.25) is 5.02 Å². The second kappa shape index (κ2) is 6.72. The molecule has 1 atom stereocenters. The Balaban J connectivity index is 2.70. The van der Waals surface area contributed by atoms with Crippen molar-refractivity contribution in [2.24, 2.45) is 4.99 Å². The standard InChI is InChI=1S/C11H11BrClNO4/c12-9-2-7(13)1-6(11(9)18)4-14-5-8(15)3-10(16)17/h1-2,4,8,15,18H,3,5H2,(H,16,17). The van der Waals surface area contributed by atoms with Gasteiger partial charge in [0.15, 0.2) is 0 Å². The monoisotopic (exact) mass is 335 g/mol. The molecule has 0 aromatic heterocycles. The van der Waals surface area contributed by atoms with Gasteiger partial charge in [-0.15, -0.1) is 0 Å². The fraction of sp³-hybridized carbons (Fsp3) is 0.273. The van der Waals surface area contributed by atoms with Crippen LogP contribution in [0.3, 0.4) is 0 Å². The van der Waals surface area contributed by atoms with E-state index in [9.17, 15) is 15.0 Å². The van der Waals surface area contributed by atoms with Crippen LogP contribution in [0.1, 0.15) is 12.0 Å². The number of aliphatic carboxylic acids is 1. The molecule has 0 aliphatic heterocycles. The highest BCUT2D eigenvalue weighted by Gasteiger charge is 2.09. The number of carboxylic acids is 1. The molecule has 0 fully saturated rings. The van der Waals surface area contributed by atoms with Gasteiger partial charge in [0, 0.05) is 16.8 Å². The second-order valence-corrected chi connectivity index (χ2v) is 4.86. The van der Waals surface area contributed by atoms with E-state index in [0.29, 0.717) is 15.1 Å². The van der Waals surface area contributed by atoms with Crippen molar-refractivity contribution >= 4 is 39.7 Å². The van der Waals surface area contributed by atoms with Crippen molar-refractivity contribution in [3.63, 3.8) is 0 Å². The van der Waals surface area contributed by atoms with Crippen molar-refractivity contribution in [3.05, 3.63) is 27.2 Å². The highest BCUT2D eigenvalue weighted by atomic mass is 79.9. The van der Waals surface area contributed by atoms with Gasteiger partial charge in [0.05, 0.1) is 23.5 Å². The largest absolute Gasteiger partial charge is 0.506 e. The van der Waals surface area contributed by atoms with Crippen LogP contribution >= 0.6 is 27.5 Å². The summed E-state index contributed by atoms with van der Waals surface area (Å²) in [5.74, 6) is -1.11. The number of hydrogen-bond donors (Lipinski definition) is 3. The Bertz CT molecular complexity index is 478. The van der Waals surface area contributed by atoms with Crippen molar-refractivity contribution in [2.45, 2.75) is 12.5 Å². The fourth-order valence-electron chi connectivity index (χ4n) is 1.22. The molecule has 3 N–H and O–H groups in total. The molecule has 0 spiro atoms. The number of aliphatic hydroxyl groups excluding tert-OH is 1. The normalized spacial score (nSPS) is 12.8. The third-order valence-corrected chi connectivity index (χ3v) is 2.84. The van der Waals surface area contributed by atoms with E-state index in [2.05, 4.69) is 20.9 Å². The van der Waals surface area contributed by atoms with E-state index in [0.717, 1.165) is 0 Å². The summed E-state index contributed by atoms with van der Waals surface area (Å²) in [4.78, 5) is 14.2. The van der Waals surface area contributed by atoms with Gasteiger partial charge in [-0.05, 0) is 28.1 Å². The van der Waals surface area contributed by atoms with Crippen LogP contribution in [-0.4, -0.2) is 40.2 Å². The average molecular weight is 337 g/mol. The molecule has 0 aliphatic carbocycles. The van der Waals surface area contributed by atoms with Gasteiger partial charge in [-0.3, -0.25) is 9.79 Å². The van der Waals surface area contributed by atoms with Crippen LogP contribution in [0.25, 0.3) is 0 Å². The molecule has 0 bridgehead atoms.